The van der Waals surface area contributed by atoms with Crippen molar-refractivity contribution in [3.05, 3.63) is 69.4 Å². The molecule has 0 aliphatic rings. The van der Waals surface area contributed by atoms with Crippen molar-refractivity contribution in [3.8, 4) is 6.07 Å². The standard InChI is InChI=1S/C14H9BrFNO/c15-12-6-2-5-11(13(12)16)14(18)10-4-1-3-9(7-10)8-17/h1-7,14,18H. The second kappa shape index (κ2) is 5.30. The van der Waals surface area contributed by atoms with Gasteiger partial charge in [0.15, 0.2) is 0 Å². The van der Waals surface area contributed by atoms with E-state index in [9.17, 15) is 9.50 Å². The molecule has 1 atom stereocenters. The van der Waals surface area contributed by atoms with E-state index in [0.717, 1.165) is 0 Å². The van der Waals surface area contributed by atoms with E-state index in [1.165, 1.54) is 6.07 Å². The fourth-order valence-electron chi connectivity index (χ4n) is 1.69. The Hall–Kier alpha value is -1.70. The highest BCUT2D eigenvalue weighted by Crippen LogP contribution is 2.28. The smallest absolute Gasteiger partial charge is 0.143 e. The van der Waals surface area contributed by atoms with E-state index < -0.39 is 11.9 Å². The number of benzene rings is 2. The van der Waals surface area contributed by atoms with Crippen LogP contribution in [-0.2, 0) is 0 Å². The quantitative estimate of drug-likeness (QED) is 0.922. The predicted octanol–water partition coefficient (Wildman–Crippen LogP) is 3.54. The molecule has 1 unspecified atom stereocenters. The molecule has 0 aliphatic carbocycles. The molecule has 2 aromatic rings. The second-order valence-corrected chi connectivity index (χ2v) is 4.64. The van der Waals surface area contributed by atoms with Crippen LogP contribution in [0.4, 0.5) is 4.39 Å². The molecule has 0 saturated heterocycles. The number of rotatable bonds is 2. The molecule has 0 saturated carbocycles. The van der Waals surface area contributed by atoms with Gasteiger partial charge in [-0.2, -0.15) is 5.26 Å². The minimum absolute atomic E-state index is 0.180. The number of aliphatic hydroxyl groups excluding tert-OH is 1. The van der Waals surface area contributed by atoms with Crippen molar-refractivity contribution in [3.63, 3.8) is 0 Å². The van der Waals surface area contributed by atoms with Gasteiger partial charge in [-0.05, 0) is 39.7 Å². The van der Waals surface area contributed by atoms with Crippen molar-refractivity contribution in [2.75, 3.05) is 0 Å². The van der Waals surface area contributed by atoms with Crippen LogP contribution in [0.1, 0.15) is 22.8 Å². The maximum Gasteiger partial charge on any atom is 0.143 e. The molecule has 0 heterocycles. The van der Waals surface area contributed by atoms with E-state index in [2.05, 4.69) is 15.9 Å². The molecule has 2 nitrogen and oxygen atoms in total. The molecule has 0 aliphatic heterocycles. The van der Waals surface area contributed by atoms with Crippen LogP contribution in [0.3, 0.4) is 0 Å². The normalized spacial score (nSPS) is 11.9. The third-order valence-electron chi connectivity index (χ3n) is 2.61. The van der Waals surface area contributed by atoms with Gasteiger partial charge in [0.25, 0.3) is 0 Å². The summed E-state index contributed by atoms with van der Waals surface area (Å²) in [4.78, 5) is 0. The molecule has 0 bridgehead atoms. The Labute approximate surface area is 112 Å². The molecule has 0 fully saturated rings. The Morgan fingerprint density at radius 2 is 1.94 bits per heavy atom. The first-order chi connectivity index (χ1) is 8.63. The number of nitriles is 1. The van der Waals surface area contributed by atoms with Crippen LogP contribution < -0.4 is 0 Å². The second-order valence-electron chi connectivity index (χ2n) is 3.78. The molecule has 1 N–H and O–H groups in total. The maximum atomic E-state index is 13.8. The van der Waals surface area contributed by atoms with Crippen molar-refractivity contribution in [1.29, 1.82) is 5.26 Å². The van der Waals surface area contributed by atoms with E-state index in [-0.39, 0.29) is 5.56 Å². The van der Waals surface area contributed by atoms with Gasteiger partial charge in [-0.1, -0.05) is 24.3 Å². The third kappa shape index (κ3) is 2.42. The van der Waals surface area contributed by atoms with Gasteiger partial charge in [0.2, 0.25) is 0 Å². The van der Waals surface area contributed by atoms with Crippen molar-refractivity contribution in [1.82, 2.24) is 0 Å². The highest BCUT2D eigenvalue weighted by Gasteiger charge is 2.16. The lowest BCUT2D eigenvalue weighted by molar-refractivity contribution is 0.214. The molecule has 4 heteroatoms. The lowest BCUT2D eigenvalue weighted by atomic mass is 9.99. The van der Waals surface area contributed by atoms with E-state index in [1.54, 1.807) is 36.4 Å². The first kappa shape index (κ1) is 12.7. The van der Waals surface area contributed by atoms with E-state index in [1.807, 2.05) is 6.07 Å². The predicted molar refractivity (Wildman–Crippen MR) is 69.3 cm³/mol. The van der Waals surface area contributed by atoms with Crippen molar-refractivity contribution in [2.45, 2.75) is 6.10 Å². The zero-order valence-electron chi connectivity index (χ0n) is 9.27. The van der Waals surface area contributed by atoms with Crippen molar-refractivity contribution in [2.24, 2.45) is 0 Å². The van der Waals surface area contributed by atoms with Crippen molar-refractivity contribution < 1.29 is 9.50 Å². The summed E-state index contributed by atoms with van der Waals surface area (Å²) >= 11 is 3.08. The Kier molecular flexibility index (Phi) is 3.75. The maximum absolute atomic E-state index is 13.8. The van der Waals surface area contributed by atoms with Crippen molar-refractivity contribution >= 4 is 15.9 Å². The van der Waals surface area contributed by atoms with Crippen LogP contribution >= 0.6 is 15.9 Å². The summed E-state index contributed by atoms with van der Waals surface area (Å²) in [6.07, 6.45) is -1.09. The molecular formula is C14H9BrFNO. The van der Waals surface area contributed by atoms with E-state index >= 15 is 0 Å². The van der Waals surface area contributed by atoms with Gasteiger partial charge in [-0.15, -0.1) is 0 Å². The molecule has 90 valence electrons. The summed E-state index contributed by atoms with van der Waals surface area (Å²) < 4.78 is 14.1. The van der Waals surface area contributed by atoms with Gasteiger partial charge in [-0.3, -0.25) is 0 Å². The van der Waals surface area contributed by atoms with E-state index in [4.69, 9.17) is 5.26 Å². The van der Waals surface area contributed by atoms with Gasteiger partial charge < -0.3 is 5.11 Å². The summed E-state index contributed by atoms with van der Waals surface area (Å²) in [5.74, 6) is -0.493. The highest BCUT2D eigenvalue weighted by atomic mass is 79.9. The average Bonchev–Trinajstić information content (AvgIpc) is 2.41. The largest absolute Gasteiger partial charge is 0.384 e. The van der Waals surface area contributed by atoms with Gasteiger partial charge in [-0.25, -0.2) is 4.39 Å². The average molecular weight is 306 g/mol. The Bertz CT molecular complexity index is 621. The minimum atomic E-state index is -1.09. The van der Waals surface area contributed by atoms with Crippen LogP contribution in [0, 0.1) is 17.1 Å². The first-order valence-electron chi connectivity index (χ1n) is 5.25. The minimum Gasteiger partial charge on any atom is -0.384 e. The summed E-state index contributed by atoms with van der Waals surface area (Å²) in [6.45, 7) is 0. The van der Waals surface area contributed by atoms with Gasteiger partial charge in [0.05, 0.1) is 16.1 Å². The first-order valence-corrected chi connectivity index (χ1v) is 6.05. The topological polar surface area (TPSA) is 44.0 Å². The molecule has 0 amide bonds. The lowest BCUT2D eigenvalue weighted by Gasteiger charge is -2.13. The van der Waals surface area contributed by atoms with Crippen LogP contribution in [0.5, 0.6) is 0 Å². The zero-order chi connectivity index (χ0) is 13.1. The van der Waals surface area contributed by atoms with Gasteiger partial charge in [0, 0.05) is 5.56 Å². The van der Waals surface area contributed by atoms with Crippen LogP contribution in [0.15, 0.2) is 46.9 Å². The monoisotopic (exact) mass is 305 g/mol. The molecule has 0 spiro atoms. The van der Waals surface area contributed by atoms with Crippen LogP contribution in [0.2, 0.25) is 0 Å². The number of halogens is 2. The Morgan fingerprint density at radius 1 is 1.22 bits per heavy atom. The molecule has 0 aromatic heterocycles. The Balaban J connectivity index is 2.45. The van der Waals surface area contributed by atoms with Gasteiger partial charge >= 0.3 is 0 Å². The van der Waals surface area contributed by atoms with E-state index in [0.29, 0.717) is 15.6 Å². The van der Waals surface area contributed by atoms with Crippen LogP contribution in [-0.4, -0.2) is 5.11 Å². The molecule has 18 heavy (non-hydrogen) atoms. The number of aliphatic hydroxyl groups is 1. The summed E-state index contributed by atoms with van der Waals surface area (Å²) in [5.41, 5.74) is 1.10. The van der Waals surface area contributed by atoms with Crippen LogP contribution in [0.25, 0.3) is 0 Å². The summed E-state index contributed by atoms with van der Waals surface area (Å²) in [5, 5.41) is 18.9. The molecule has 0 radical (unpaired) electrons. The SMILES string of the molecule is N#Cc1cccc(C(O)c2cccc(Br)c2F)c1. The highest BCUT2D eigenvalue weighted by molar-refractivity contribution is 9.10. The van der Waals surface area contributed by atoms with Gasteiger partial charge in [0.1, 0.15) is 11.9 Å². The lowest BCUT2D eigenvalue weighted by Crippen LogP contribution is -2.03. The fourth-order valence-corrected chi connectivity index (χ4v) is 2.07. The zero-order valence-corrected chi connectivity index (χ0v) is 10.9. The molecule has 2 aromatic carbocycles. The molecular weight excluding hydrogens is 297 g/mol. The Morgan fingerprint density at radius 3 is 2.67 bits per heavy atom. The third-order valence-corrected chi connectivity index (χ3v) is 3.22. The number of hydrogen-bond donors (Lipinski definition) is 1. The fraction of sp³-hybridized carbons (Fsp3) is 0.0714. The molecule has 2 rings (SSSR count). The summed E-state index contributed by atoms with van der Waals surface area (Å²) in [7, 11) is 0. The number of nitrogens with zero attached hydrogens (tertiary/aromatic N) is 1. The number of hydrogen-bond acceptors (Lipinski definition) is 2. The summed E-state index contributed by atoms with van der Waals surface area (Å²) in [6, 6.07) is 13.2.